The summed E-state index contributed by atoms with van der Waals surface area (Å²) in [5.41, 5.74) is 0. The third-order valence-corrected chi connectivity index (χ3v) is 16.5. The Kier molecular flexibility index (Phi) is 58.6. The molecule has 3 atom stereocenters. The topological polar surface area (TPSA) is 111 Å². The molecule has 0 heterocycles. The molecule has 0 bridgehead atoms. The number of esters is 1. The number of ether oxygens (including phenoxy) is 1. The number of quaternary nitrogens is 1. The molecule has 0 fully saturated rings. The zero-order chi connectivity index (χ0) is 58.6. The monoisotopic (exact) mass is 1150 g/mol. The number of nitrogens with one attached hydrogen (secondary N) is 1. The highest BCUT2D eigenvalue weighted by Gasteiger charge is 2.30. The first-order valence-electron chi connectivity index (χ1n) is 34.5. The molecule has 470 valence electrons. The van der Waals surface area contributed by atoms with Gasteiger partial charge in [0.05, 0.1) is 33.8 Å². The van der Waals surface area contributed by atoms with E-state index in [2.05, 4.69) is 62.5 Å². The van der Waals surface area contributed by atoms with Gasteiger partial charge in [-0.3, -0.25) is 18.6 Å². The van der Waals surface area contributed by atoms with Crippen molar-refractivity contribution >= 4 is 19.7 Å². The van der Waals surface area contributed by atoms with Crippen molar-refractivity contribution in [3.05, 3.63) is 48.6 Å². The van der Waals surface area contributed by atoms with E-state index in [-0.39, 0.29) is 25.1 Å². The van der Waals surface area contributed by atoms with Crippen molar-refractivity contribution in [1.29, 1.82) is 0 Å². The first-order chi connectivity index (χ1) is 38.9. The Hall–Kier alpha value is -2.03. The number of hydrogen-bond acceptors (Lipinski definition) is 6. The van der Waals surface area contributed by atoms with Crippen molar-refractivity contribution < 1.29 is 37.3 Å². The van der Waals surface area contributed by atoms with E-state index in [1.807, 2.05) is 33.3 Å². The Morgan fingerprint density at radius 1 is 0.438 bits per heavy atom. The van der Waals surface area contributed by atoms with E-state index in [0.29, 0.717) is 23.9 Å². The minimum atomic E-state index is -4.45. The quantitative estimate of drug-likeness (QED) is 0.0205. The Balaban J connectivity index is 5.11. The highest BCUT2D eigenvalue weighted by molar-refractivity contribution is 7.47. The molecule has 80 heavy (non-hydrogen) atoms. The Morgan fingerprint density at radius 3 is 1.16 bits per heavy atom. The number of hydrogen-bond donors (Lipinski definition) is 2. The number of rotatable bonds is 63. The summed E-state index contributed by atoms with van der Waals surface area (Å²) < 4.78 is 30.8. The predicted octanol–water partition coefficient (Wildman–Crippen LogP) is 21.6. The van der Waals surface area contributed by atoms with E-state index in [4.69, 9.17) is 13.8 Å². The molecule has 0 rings (SSSR count). The molecule has 0 aliphatic carbocycles. The van der Waals surface area contributed by atoms with Crippen molar-refractivity contribution in [2.75, 3.05) is 40.9 Å². The van der Waals surface area contributed by atoms with Crippen LogP contribution >= 0.6 is 7.82 Å². The molecule has 0 aromatic carbocycles. The first-order valence-corrected chi connectivity index (χ1v) is 36.0. The number of unbranched alkanes of at least 4 members (excludes halogenated alkanes) is 41. The Labute approximate surface area is 497 Å². The highest BCUT2D eigenvalue weighted by Crippen LogP contribution is 2.43. The number of phosphoric ester groups is 1. The van der Waals surface area contributed by atoms with Gasteiger partial charge in [0.25, 0.3) is 0 Å². The fourth-order valence-corrected chi connectivity index (χ4v) is 10.9. The van der Waals surface area contributed by atoms with Crippen LogP contribution in [0.15, 0.2) is 48.6 Å². The minimum Gasteiger partial charge on any atom is -0.456 e. The van der Waals surface area contributed by atoms with E-state index in [9.17, 15) is 19.0 Å². The zero-order valence-electron chi connectivity index (χ0n) is 53.8. The minimum absolute atomic E-state index is 0.0386. The van der Waals surface area contributed by atoms with Crippen LogP contribution in [0.3, 0.4) is 0 Å². The van der Waals surface area contributed by atoms with Crippen LogP contribution in [0, 0.1) is 0 Å². The van der Waals surface area contributed by atoms with Gasteiger partial charge in [0.2, 0.25) is 5.91 Å². The second-order valence-corrected chi connectivity index (χ2v) is 26.2. The molecule has 0 saturated heterocycles. The summed E-state index contributed by atoms with van der Waals surface area (Å²) in [7, 11) is 1.50. The number of likely N-dealkylation sites (N-methyl/N-ethyl adjacent to an activating group) is 1. The molecule has 0 spiro atoms. The van der Waals surface area contributed by atoms with Gasteiger partial charge < -0.3 is 19.4 Å². The van der Waals surface area contributed by atoms with E-state index in [0.717, 1.165) is 83.5 Å². The van der Waals surface area contributed by atoms with Crippen molar-refractivity contribution in [1.82, 2.24) is 5.32 Å². The molecule has 0 aromatic rings. The van der Waals surface area contributed by atoms with Gasteiger partial charge in [-0.2, -0.15) is 0 Å². The number of nitrogens with zero attached hydrogens (tertiary/aromatic N) is 1. The van der Waals surface area contributed by atoms with Crippen LogP contribution in [0.1, 0.15) is 335 Å². The van der Waals surface area contributed by atoms with Crippen molar-refractivity contribution in [2.45, 2.75) is 348 Å². The van der Waals surface area contributed by atoms with Crippen LogP contribution in [-0.2, 0) is 27.9 Å². The van der Waals surface area contributed by atoms with Gasteiger partial charge >= 0.3 is 13.8 Å². The van der Waals surface area contributed by atoms with Gasteiger partial charge in [-0.05, 0) is 70.3 Å². The van der Waals surface area contributed by atoms with Crippen LogP contribution in [-0.4, -0.2) is 74.3 Å². The van der Waals surface area contributed by atoms with Gasteiger partial charge in [0.15, 0.2) is 0 Å². The summed E-state index contributed by atoms with van der Waals surface area (Å²) in [5, 5.41) is 3.06. The number of amides is 1. The van der Waals surface area contributed by atoms with E-state index in [1.54, 1.807) is 0 Å². The van der Waals surface area contributed by atoms with Crippen LogP contribution < -0.4 is 5.32 Å². The molecule has 0 radical (unpaired) electrons. The van der Waals surface area contributed by atoms with Gasteiger partial charge in [-0.1, -0.05) is 301 Å². The van der Waals surface area contributed by atoms with Crippen molar-refractivity contribution in [2.24, 2.45) is 0 Å². The number of carbonyl (C=O) groups is 2. The molecule has 10 heteroatoms. The number of phosphoric acid groups is 1. The average Bonchev–Trinajstić information content (AvgIpc) is 3.42. The summed E-state index contributed by atoms with van der Waals surface area (Å²) in [6.45, 7) is 7.02. The second kappa shape index (κ2) is 60.1. The van der Waals surface area contributed by atoms with Gasteiger partial charge in [-0.25, -0.2) is 4.57 Å². The normalized spacial score (nSPS) is 13.8. The van der Waals surface area contributed by atoms with E-state index < -0.39 is 20.0 Å². The lowest BCUT2D eigenvalue weighted by Crippen LogP contribution is -2.47. The zero-order valence-corrected chi connectivity index (χ0v) is 54.7. The van der Waals surface area contributed by atoms with Gasteiger partial charge in [-0.15, -0.1) is 0 Å². The molecule has 0 saturated carbocycles. The maximum Gasteiger partial charge on any atom is 0.472 e. The van der Waals surface area contributed by atoms with Gasteiger partial charge in [0.1, 0.15) is 19.3 Å². The molecule has 2 N–H and O–H groups in total. The summed E-state index contributed by atoms with van der Waals surface area (Å²) in [5.74, 6) is -0.505. The summed E-state index contributed by atoms with van der Waals surface area (Å²) >= 11 is 0. The molecule has 1 amide bonds. The van der Waals surface area contributed by atoms with Crippen LogP contribution in [0.25, 0.3) is 0 Å². The molecular weight excluding hydrogens is 1010 g/mol. The third-order valence-electron chi connectivity index (χ3n) is 15.5. The molecule has 9 nitrogen and oxygen atoms in total. The lowest BCUT2D eigenvalue weighted by atomic mass is 10.0. The predicted molar refractivity (Wildman–Crippen MR) is 346 cm³/mol. The van der Waals surface area contributed by atoms with Crippen molar-refractivity contribution in [3.8, 4) is 0 Å². The Morgan fingerprint density at radius 2 is 0.762 bits per heavy atom. The average molecular weight is 1150 g/mol. The molecule has 0 aliphatic rings. The van der Waals surface area contributed by atoms with Gasteiger partial charge in [0, 0.05) is 12.8 Å². The summed E-state index contributed by atoms with van der Waals surface area (Å²) in [6, 6.07) is -0.854. The molecule has 3 unspecified atom stereocenters. The smallest absolute Gasteiger partial charge is 0.456 e. The van der Waals surface area contributed by atoms with E-state index in [1.165, 1.54) is 218 Å². The van der Waals surface area contributed by atoms with E-state index >= 15 is 0 Å². The highest BCUT2D eigenvalue weighted by atomic mass is 31.2. The van der Waals surface area contributed by atoms with Crippen molar-refractivity contribution in [3.63, 3.8) is 0 Å². The number of carbonyl (C=O) groups excluding carboxylic acids is 2. The second-order valence-electron chi connectivity index (χ2n) is 24.7. The summed E-state index contributed by atoms with van der Waals surface area (Å²) in [4.78, 5) is 37.8. The fourth-order valence-electron chi connectivity index (χ4n) is 10.2. The SMILES string of the molecule is CCCCC/C=C\C/C=C\C/C=C\CCCCCCCCC(=O)NC(COP(=O)(O)OCC[N+](C)(C)C)C(/C=C/CCCCCCCCCCCC)OC(=O)CCCCCCCCCCCCCCCCCCCCCCCCC. The molecule has 0 aliphatic heterocycles. The Bertz CT molecular complexity index is 1510. The van der Waals surface area contributed by atoms with Crippen LogP contribution in [0.2, 0.25) is 0 Å². The lowest BCUT2D eigenvalue weighted by molar-refractivity contribution is -0.870. The standard InChI is InChI=1S/C70H133N2O7P/c1-7-10-13-16-19-22-25-28-30-32-34-35-36-37-39-41-43-45-48-51-54-57-60-63-70(74)79-68(61-58-55-52-49-46-27-24-21-18-15-12-9-3)67(66-78-80(75,76)77-65-64-72(4,5)6)71-69(73)62-59-56-53-50-47-44-42-40-38-33-31-29-26-23-20-17-14-11-8-2/h20,23,29,31,38,40,58,61,67-68H,7-19,21-22,24-28,30,32-37,39,41-57,59-60,62-66H2,1-6H3,(H-,71,73,75,76)/p+1/b23-20-,31-29-,40-38-,61-58+. The lowest BCUT2D eigenvalue weighted by Gasteiger charge is -2.27. The van der Waals surface area contributed by atoms with Crippen LogP contribution in [0.5, 0.6) is 0 Å². The maximum atomic E-state index is 13.6. The van der Waals surface area contributed by atoms with Crippen LogP contribution in [0.4, 0.5) is 0 Å². The molecule has 0 aromatic heterocycles. The summed E-state index contributed by atoms with van der Waals surface area (Å²) in [6.07, 6.45) is 75.5. The largest absolute Gasteiger partial charge is 0.472 e. The third kappa shape index (κ3) is 60.6. The first kappa shape index (κ1) is 78.0. The molecular formula is C70H134N2O7P+. The maximum absolute atomic E-state index is 13.6. The fraction of sp³-hybridized carbons (Fsp3) is 0.857. The number of allylic oxidation sites excluding steroid dienone is 7.